The molecule has 1 amide bonds. The van der Waals surface area contributed by atoms with E-state index in [9.17, 15) is 14.7 Å². The molecule has 0 radical (unpaired) electrons. The molecular weight excluding hydrogens is 304 g/mol. The van der Waals surface area contributed by atoms with Crippen LogP contribution < -0.4 is 11.1 Å². The molecule has 118 valence electrons. The molecular formula is C14H18N4O3S. The van der Waals surface area contributed by atoms with Gasteiger partial charge in [0.25, 0.3) is 0 Å². The minimum absolute atomic E-state index is 0.00117. The number of hydrogen-bond donors (Lipinski definition) is 3. The van der Waals surface area contributed by atoms with Crippen LogP contribution in [0.4, 0.5) is 5.82 Å². The molecule has 0 aliphatic rings. The number of hydrogen-bond acceptors (Lipinski definition) is 6. The number of amides is 1. The number of nitrogens with zero attached hydrogens (tertiary/aromatic N) is 2. The second kappa shape index (κ2) is 6.27. The van der Waals surface area contributed by atoms with E-state index in [1.165, 1.54) is 0 Å². The lowest BCUT2D eigenvalue weighted by Crippen LogP contribution is -2.31. The van der Waals surface area contributed by atoms with E-state index >= 15 is 0 Å². The lowest BCUT2D eigenvalue weighted by atomic mass is 10.1. The van der Waals surface area contributed by atoms with Gasteiger partial charge in [0.2, 0.25) is 5.91 Å². The summed E-state index contributed by atoms with van der Waals surface area (Å²) in [6.45, 7) is 5.70. The summed E-state index contributed by atoms with van der Waals surface area (Å²) >= 11 is 1.55. The van der Waals surface area contributed by atoms with Gasteiger partial charge in [-0.25, -0.2) is 14.8 Å². The van der Waals surface area contributed by atoms with Crippen LogP contribution in [0.2, 0.25) is 0 Å². The summed E-state index contributed by atoms with van der Waals surface area (Å²) in [4.78, 5) is 32.9. The van der Waals surface area contributed by atoms with Crippen LogP contribution in [0.15, 0.2) is 0 Å². The van der Waals surface area contributed by atoms with Crippen molar-refractivity contribution >= 4 is 39.2 Å². The van der Waals surface area contributed by atoms with Gasteiger partial charge in [0.1, 0.15) is 22.5 Å². The average Bonchev–Trinajstić information content (AvgIpc) is 2.68. The van der Waals surface area contributed by atoms with Crippen molar-refractivity contribution in [2.24, 2.45) is 5.73 Å². The molecule has 2 aromatic rings. The van der Waals surface area contributed by atoms with Crippen molar-refractivity contribution in [1.29, 1.82) is 0 Å². The van der Waals surface area contributed by atoms with Gasteiger partial charge in [-0.05, 0) is 32.8 Å². The number of nitrogens with two attached hydrogens (primary N) is 1. The number of anilines is 1. The van der Waals surface area contributed by atoms with Gasteiger partial charge in [0, 0.05) is 11.3 Å². The first-order valence-electron chi connectivity index (χ1n) is 6.81. The number of rotatable bonds is 6. The summed E-state index contributed by atoms with van der Waals surface area (Å²) in [7, 11) is 0. The first-order chi connectivity index (χ1) is 10.3. The maximum atomic E-state index is 11.4. The smallest absolute Gasteiger partial charge is 0.326 e. The van der Waals surface area contributed by atoms with Crippen LogP contribution in [-0.4, -0.2) is 33.0 Å². The standard InChI is InChI=1S/C14H18N4O3S/c1-6-7(2)22-13-11(6)12(16-8(3)17-13)18-9(14(20)21)4-5-10(15)19/h9H,4-5H2,1-3H3,(H2,15,19)(H,20,21)(H,16,17,18). The molecule has 2 heterocycles. The zero-order valence-electron chi connectivity index (χ0n) is 12.6. The van der Waals surface area contributed by atoms with E-state index in [2.05, 4.69) is 15.3 Å². The Balaban J connectivity index is 2.40. The Kier molecular flexibility index (Phi) is 4.60. The van der Waals surface area contributed by atoms with E-state index in [4.69, 9.17) is 5.73 Å². The predicted molar refractivity (Wildman–Crippen MR) is 85.1 cm³/mol. The highest BCUT2D eigenvalue weighted by Gasteiger charge is 2.21. The Morgan fingerprint density at radius 1 is 1.32 bits per heavy atom. The second-order valence-corrected chi connectivity index (χ2v) is 6.33. The SMILES string of the molecule is Cc1nc(NC(CCC(N)=O)C(=O)O)c2c(C)c(C)sc2n1. The molecule has 0 aliphatic carbocycles. The second-order valence-electron chi connectivity index (χ2n) is 5.12. The van der Waals surface area contributed by atoms with Crippen molar-refractivity contribution in [2.75, 3.05) is 5.32 Å². The molecule has 0 fully saturated rings. The summed E-state index contributed by atoms with van der Waals surface area (Å²) in [6, 6.07) is -0.926. The van der Waals surface area contributed by atoms with Crippen LogP contribution >= 0.6 is 11.3 Å². The molecule has 2 rings (SSSR count). The largest absolute Gasteiger partial charge is 0.480 e. The molecule has 0 saturated heterocycles. The van der Waals surface area contributed by atoms with E-state index in [1.807, 2.05) is 13.8 Å². The number of aryl methyl sites for hydroxylation is 3. The third-order valence-corrected chi connectivity index (χ3v) is 4.53. The van der Waals surface area contributed by atoms with Gasteiger partial charge >= 0.3 is 5.97 Å². The lowest BCUT2D eigenvalue weighted by Gasteiger charge is -2.15. The van der Waals surface area contributed by atoms with Crippen molar-refractivity contribution in [2.45, 2.75) is 39.7 Å². The van der Waals surface area contributed by atoms with Crippen molar-refractivity contribution in [3.8, 4) is 0 Å². The first kappa shape index (κ1) is 16.2. The Bertz CT molecular complexity index is 741. The molecule has 4 N–H and O–H groups in total. The summed E-state index contributed by atoms with van der Waals surface area (Å²) < 4.78 is 0. The first-order valence-corrected chi connectivity index (χ1v) is 7.63. The molecule has 8 heteroatoms. The minimum Gasteiger partial charge on any atom is -0.480 e. The molecule has 1 unspecified atom stereocenters. The molecule has 0 aliphatic heterocycles. The van der Waals surface area contributed by atoms with Gasteiger partial charge in [0.05, 0.1) is 5.39 Å². The number of carboxylic acids is 1. The van der Waals surface area contributed by atoms with Crippen LogP contribution in [0.1, 0.15) is 29.1 Å². The van der Waals surface area contributed by atoms with Crippen molar-refractivity contribution in [3.05, 3.63) is 16.3 Å². The number of carbonyl (C=O) groups is 2. The van der Waals surface area contributed by atoms with Crippen molar-refractivity contribution < 1.29 is 14.7 Å². The van der Waals surface area contributed by atoms with Gasteiger partial charge < -0.3 is 16.2 Å². The third kappa shape index (κ3) is 3.33. The number of primary amides is 1. The molecule has 0 saturated carbocycles. The maximum absolute atomic E-state index is 11.4. The third-order valence-electron chi connectivity index (χ3n) is 3.43. The van der Waals surface area contributed by atoms with Crippen LogP contribution in [0.3, 0.4) is 0 Å². The average molecular weight is 322 g/mol. The number of fused-ring (bicyclic) bond motifs is 1. The monoisotopic (exact) mass is 322 g/mol. The minimum atomic E-state index is -1.05. The van der Waals surface area contributed by atoms with E-state index in [0.29, 0.717) is 11.6 Å². The lowest BCUT2D eigenvalue weighted by molar-refractivity contribution is -0.138. The summed E-state index contributed by atoms with van der Waals surface area (Å²) in [5, 5.41) is 13.1. The van der Waals surface area contributed by atoms with Crippen LogP contribution in [0.5, 0.6) is 0 Å². The van der Waals surface area contributed by atoms with Crippen LogP contribution in [0.25, 0.3) is 10.2 Å². The molecule has 0 aromatic carbocycles. The fourth-order valence-electron chi connectivity index (χ4n) is 2.17. The van der Waals surface area contributed by atoms with Gasteiger partial charge in [-0.1, -0.05) is 0 Å². The van der Waals surface area contributed by atoms with Gasteiger partial charge in [-0.3, -0.25) is 4.79 Å². The van der Waals surface area contributed by atoms with E-state index in [1.54, 1.807) is 18.3 Å². The topological polar surface area (TPSA) is 118 Å². The highest BCUT2D eigenvalue weighted by molar-refractivity contribution is 7.18. The fourth-order valence-corrected chi connectivity index (χ4v) is 3.24. The predicted octanol–water partition coefficient (Wildman–Crippen LogP) is 1.75. The Labute approximate surface area is 131 Å². The number of nitrogens with one attached hydrogen (secondary N) is 1. The number of aliphatic carboxylic acids is 1. The van der Waals surface area contributed by atoms with Crippen LogP contribution in [-0.2, 0) is 9.59 Å². The molecule has 0 spiro atoms. The van der Waals surface area contributed by atoms with E-state index < -0.39 is 17.9 Å². The molecule has 7 nitrogen and oxygen atoms in total. The fraction of sp³-hybridized carbons (Fsp3) is 0.429. The zero-order valence-corrected chi connectivity index (χ0v) is 13.5. The number of aromatic nitrogens is 2. The summed E-state index contributed by atoms with van der Waals surface area (Å²) in [6.07, 6.45) is 0.107. The van der Waals surface area contributed by atoms with Crippen molar-refractivity contribution in [1.82, 2.24) is 9.97 Å². The Morgan fingerprint density at radius 2 is 2.00 bits per heavy atom. The van der Waals surface area contributed by atoms with Gasteiger partial charge in [-0.15, -0.1) is 11.3 Å². The van der Waals surface area contributed by atoms with E-state index in [0.717, 1.165) is 20.7 Å². The van der Waals surface area contributed by atoms with E-state index in [-0.39, 0.29) is 12.8 Å². The highest BCUT2D eigenvalue weighted by Crippen LogP contribution is 2.33. The number of thiophene rings is 1. The Hall–Kier alpha value is -2.22. The number of carboxylic acid groups (broad SMARTS) is 1. The quantitative estimate of drug-likeness (QED) is 0.745. The zero-order chi connectivity index (χ0) is 16.4. The molecule has 22 heavy (non-hydrogen) atoms. The molecule has 1 atom stereocenters. The van der Waals surface area contributed by atoms with Crippen molar-refractivity contribution in [3.63, 3.8) is 0 Å². The molecule has 0 bridgehead atoms. The van der Waals surface area contributed by atoms with Gasteiger partial charge in [-0.2, -0.15) is 0 Å². The maximum Gasteiger partial charge on any atom is 0.326 e. The number of carbonyl (C=O) groups excluding carboxylic acids is 1. The van der Waals surface area contributed by atoms with Gasteiger partial charge in [0.15, 0.2) is 0 Å². The Morgan fingerprint density at radius 3 is 2.59 bits per heavy atom. The summed E-state index contributed by atoms with van der Waals surface area (Å²) in [5.74, 6) is -0.522. The summed E-state index contributed by atoms with van der Waals surface area (Å²) in [5.41, 5.74) is 6.12. The molecule has 2 aromatic heterocycles. The highest BCUT2D eigenvalue weighted by atomic mass is 32.1. The van der Waals surface area contributed by atoms with Crippen LogP contribution in [0, 0.1) is 20.8 Å². The normalized spacial score (nSPS) is 12.3.